The van der Waals surface area contributed by atoms with Crippen LogP contribution in [0.2, 0.25) is 0 Å². The van der Waals surface area contributed by atoms with Crippen LogP contribution in [0.4, 0.5) is 43.9 Å². The van der Waals surface area contributed by atoms with E-state index in [0.717, 1.165) is 99.7 Å². The van der Waals surface area contributed by atoms with Crippen LogP contribution in [-0.2, 0) is 0 Å². The minimum atomic E-state index is -2.30. The van der Waals surface area contributed by atoms with Crippen LogP contribution in [0.3, 0.4) is 0 Å². The molecule has 660 valence electrons. The van der Waals surface area contributed by atoms with Gasteiger partial charge in [0.1, 0.15) is 0 Å². The Kier molecular flexibility index (Phi) is 17.7. The topological polar surface area (TPSA) is 0 Å². The van der Waals surface area contributed by atoms with Crippen molar-refractivity contribution in [1.29, 1.82) is 0 Å². The van der Waals surface area contributed by atoms with E-state index in [0.29, 0.717) is 60.8 Å². The highest BCUT2D eigenvalue weighted by molar-refractivity contribution is 6.26. The predicted octanol–water partition coefficient (Wildman–Crippen LogP) is 37.4. The number of hydrogen-bond donors (Lipinski definition) is 0. The molecule has 0 heterocycles. The number of hydrogen-bond acceptors (Lipinski definition) is 0. The third kappa shape index (κ3) is 16.2. The third-order valence-corrected chi connectivity index (χ3v) is 24.4. The van der Waals surface area contributed by atoms with E-state index in [1.165, 1.54) is 36.4 Å². The van der Waals surface area contributed by atoms with Gasteiger partial charge in [0, 0.05) is 5.56 Å². The quantitative estimate of drug-likeness (QED) is 0.0495. The summed E-state index contributed by atoms with van der Waals surface area (Å²) in [5, 5.41) is 8.46. The molecule has 0 fully saturated rings. The summed E-state index contributed by atoms with van der Waals surface area (Å²) in [7, 11) is 0. The Morgan fingerprint density at radius 1 is 0.101 bits per heavy atom. The Morgan fingerprint density at radius 3 is 0.507 bits per heavy atom. The average molecular weight is 1830 g/mol. The van der Waals surface area contributed by atoms with Crippen LogP contribution in [0.15, 0.2) is 473 Å². The lowest BCUT2D eigenvalue weighted by Crippen LogP contribution is -2.05. The van der Waals surface area contributed by atoms with E-state index in [1.807, 2.05) is 188 Å². The minimum absolute atomic E-state index is 0.123. The summed E-state index contributed by atoms with van der Waals surface area (Å²) < 4.78 is 337. The van der Waals surface area contributed by atoms with Crippen LogP contribution >= 0.6 is 0 Å². The lowest BCUT2D eigenvalue weighted by molar-refractivity contribution is 0.381. The third-order valence-electron chi connectivity index (χ3n) is 24.4. The first-order valence-corrected chi connectivity index (χ1v) is 43.4. The summed E-state index contributed by atoms with van der Waals surface area (Å²) in [6.07, 6.45) is 0. The zero-order valence-corrected chi connectivity index (χ0v) is 72.0. The van der Waals surface area contributed by atoms with Gasteiger partial charge in [-0.3, -0.25) is 0 Å². The van der Waals surface area contributed by atoms with Crippen molar-refractivity contribution in [2.75, 3.05) is 0 Å². The lowest BCUT2D eigenvalue weighted by Gasteiger charge is -2.19. The van der Waals surface area contributed by atoms with Gasteiger partial charge in [-0.05, 0) is 203 Å². The normalized spacial score (nSPS) is 13.6. The molecule has 24 aromatic carbocycles. The van der Waals surface area contributed by atoms with E-state index in [9.17, 15) is 35.1 Å². The highest BCUT2D eigenvalue weighted by Crippen LogP contribution is 2.51. The van der Waals surface area contributed by atoms with Crippen molar-refractivity contribution in [1.82, 2.24) is 0 Å². The van der Waals surface area contributed by atoms with Crippen molar-refractivity contribution in [3.05, 3.63) is 531 Å². The molecular formula is C128H78F10. The van der Waals surface area contributed by atoms with Gasteiger partial charge in [0.2, 0.25) is 11.6 Å². The Balaban J connectivity index is 0.000000123. The first-order chi connectivity index (χ1) is 77.3. The molecule has 0 saturated heterocycles. The van der Waals surface area contributed by atoms with Gasteiger partial charge in [-0.2, -0.15) is 0 Å². The molecular weight excluding hydrogens is 1730 g/mol. The van der Waals surface area contributed by atoms with Gasteiger partial charge < -0.3 is 0 Å². The highest BCUT2D eigenvalue weighted by atomic mass is 19.2. The molecule has 10 heteroatoms. The molecule has 0 aromatic heterocycles. The van der Waals surface area contributed by atoms with E-state index < -0.39 is 130 Å². The summed E-state index contributed by atoms with van der Waals surface area (Å²) in [5.41, 5.74) is 10.1. The Labute approximate surface area is 822 Å². The van der Waals surface area contributed by atoms with E-state index in [-0.39, 0.29) is 139 Å². The molecule has 0 unspecified atom stereocenters. The van der Waals surface area contributed by atoms with E-state index in [4.69, 9.17) is 31.5 Å². The number of fused-ring (bicyclic) bond motifs is 8. The van der Waals surface area contributed by atoms with Crippen LogP contribution in [0.1, 0.15) is 31.5 Å². The molecule has 24 aromatic rings. The molecule has 0 saturated carbocycles. The zero-order valence-electron chi connectivity index (χ0n) is 95.0. The maximum absolute atomic E-state index is 15.1. The summed E-state index contributed by atoms with van der Waals surface area (Å²) in [6.45, 7) is 0. The Morgan fingerprint density at radius 2 is 0.254 bits per heavy atom. The fourth-order valence-corrected chi connectivity index (χ4v) is 18.3. The SMILES string of the molecule is Fc1c(F)c(F)c(-c2ccc(-c3c4ccccc4c(-c4c(F)c(F)c(F)c(F)c4F)c4ccccc34)cc2)c(F)c1F.[2H]c1c([2H])c([2H])c(-c2c3ccccc3c(-c3ccc(-c4ccccc4)cc3)c3ccccc23)c([2H])c1[2H].[2H]c1c([2H])c([2H])c(-c2ccc(-c3c4ccccc4c(-c4c([2H])c([2H])c([2H])c([2H])c4[2H])c4ccccc34)cc2)c([2H])c1[2H].[2H]c1c([2H])c([2H])c2c(-c3ccc(-c4ccccc4)cc3)c3c([2H])c([2H])c([2H])c([2H])c3c(-c3ccccc3)c2c1[2H]. The minimum Gasteiger partial charge on any atom is -0.203 e. The fraction of sp³-hybridized carbons (Fsp3) is 0. The molecule has 0 aliphatic carbocycles. The van der Waals surface area contributed by atoms with E-state index in [2.05, 4.69) is 36.4 Å². The largest absolute Gasteiger partial charge is 0.203 e. The molecule has 0 aliphatic heterocycles. The molecule has 0 radical (unpaired) electrons. The second-order valence-electron chi connectivity index (χ2n) is 32.1. The van der Waals surface area contributed by atoms with Crippen molar-refractivity contribution in [3.63, 3.8) is 0 Å². The second kappa shape index (κ2) is 38.0. The van der Waals surface area contributed by atoms with Crippen molar-refractivity contribution < 1.29 is 75.4 Å². The Hall–Kier alpha value is -17.3. The summed E-state index contributed by atoms with van der Waals surface area (Å²) in [4.78, 5) is 0. The molecule has 0 aliphatic rings. The fourth-order valence-electron chi connectivity index (χ4n) is 18.3. The van der Waals surface area contributed by atoms with Crippen LogP contribution in [0.5, 0.6) is 0 Å². The summed E-state index contributed by atoms with van der Waals surface area (Å²) in [6, 6.07) is 92.5. The monoisotopic (exact) mass is 1830 g/mol. The summed E-state index contributed by atoms with van der Waals surface area (Å²) >= 11 is 0. The van der Waals surface area contributed by atoms with Crippen molar-refractivity contribution in [2.45, 2.75) is 0 Å². The molecule has 0 amide bonds. The van der Waals surface area contributed by atoms with E-state index in [1.54, 1.807) is 60.7 Å². The van der Waals surface area contributed by atoms with Crippen molar-refractivity contribution in [2.24, 2.45) is 0 Å². The van der Waals surface area contributed by atoms with E-state index >= 15 is 8.78 Å². The number of benzene rings is 24. The maximum atomic E-state index is 15.1. The van der Waals surface area contributed by atoms with Gasteiger partial charge in [-0.1, -0.05) is 473 Å². The standard InChI is InChI=1S/C32H12F10.3C32H22/c33-23-20(24(34)28(38)31(41)27(23)37)14-11-9-13(10-12-14)19-15-5-1-3-7-17(15)21(18-8-4-2-6-16(18)19)22-25(35)29(39)32(42)30(40)26(22)36;3*1-3-11-23(12-4-1)24-19-21-26(22-20-24)32-29-17-9-7-15-27(29)31(25-13-5-2-6-14-25)28-16-8-10-18-30(28)32/h1-12H;3*1-22H/i;1D,2D,3D,4D,5D,6D,11D,12D,13D,14D;7D,8D,9D,10D,15D,16D,17D,18D;2D,5D,6D,13D,14D. The predicted molar refractivity (Wildman–Crippen MR) is 551 cm³/mol. The molecule has 0 bridgehead atoms. The molecule has 0 nitrogen and oxygen atoms in total. The number of rotatable bonds is 12. The lowest BCUT2D eigenvalue weighted by atomic mass is 9.85. The van der Waals surface area contributed by atoms with Gasteiger partial charge in [0.25, 0.3) is 0 Å². The van der Waals surface area contributed by atoms with Crippen LogP contribution in [0.25, 0.3) is 220 Å². The molecule has 138 heavy (non-hydrogen) atoms. The maximum Gasteiger partial charge on any atom is 0.200 e. The molecule has 24 rings (SSSR count). The van der Waals surface area contributed by atoms with Crippen LogP contribution < -0.4 is 0 Å². The van der Waals surface area contributed by atoms with Crippen molar-refractivity contribution in [3.8, 4) is 134 Å². The molecule has 0 N–H and O–H groups in total. The highest BCUT2D eigenvalue weighted by Gasteiger charge is 2.32. The van der Waals surface area contributed by atoms with Crippen LogP contribution in [0, 0.1) is 58.2 Å². The van der Waals surface area contributed by atoms with Crippen LogP contribution in [-0.4, -0.2) is 0 Å². The van der Waals surface area contributed by atoms with Gasteiger partial charge in [-0.15, -0.1) is 0 Å². The van der Waals surface area contributed by atoms with Crippen molar-refractivity contribution >= 4 is 86.2 Å². The number of halogens is 10. The summed E-state index contributed by atoms with van der Waals surface area (Å²) in [5.74, 6) is -21.1. The van der Waals surface area contributed by atoms with Gasteiger partial charge in [-0.25, -0.2) is 43.9 Å². The molecule has 0 atom stereocenters. The first-order valence-electron chi connectivity index (χ1n) is 54.9. The van der Waals surface area contributed by atoms with Gasteiger partial charge >= 0.3 is 0 Å². The second-order valence-corrected chi connectivity index (χ2v) is 32.1. The zero-order chi connectivity index (χ0) is 114. The van der Waals surface area contributed by atoms with Gasteiger partial charge in [0.15, 0.2) is 46.5 Å². The molecule has 0 spiro atoms. The smallest absolute Gasteiger partial charge is 0.200 e. The van der Waals surface area contributed by atoms with Gasteiger partial charge in [0.05, 0.1) is 42.7 Å². The first kappa shape index (κ1) is 64.5. The average Bonchev–Trinajstić information content (AvgIpc) is 0.696. The Bertz CT molecular complexity index is 9580.